The van der Waals surface area contributed by atoms with Gasteiger partial charge in [-0.15, -0.1) is 10.2 Å². The van der Waals surface area contributed by atoms with Crippen LogP contribution in [0.25, 0.3) is 22.3 Å². The lowest BCUT2D eigenvalue weighted by Crippen LogP contribution is -1.80. The quantitative estimate of drug-likeness (QED) is 0.506. The third-order valence-electron chi connectivity index (χ3n) is 3.59. The lowest BCUT2D eigenvalue weighted by Gasteiger charge is -2.01. The molecule has 0 atom stereocenters. The predicted octanol–water partition coefficient (Wildman–Crippen LogP) is 4.76. The molecule has 0 spiro atoms. The summed E-state index contributed by atoms with van der Waals surface area (Å²) in [4.78, 5) is 7.66. The highest BCUT2D eigenvalue weighted by Gasteiger charge is 2.11. The first-order valence-electron chi connectivity index (χ1n) is 7.31. The SMILES string of the molecule is COc1ccc(SSc2nnc(-c3c[nH]c4ccccc34)[nH]2)cc1. The standard InChI is InChI=1S/C17H14N4OS2/c1-22-11-6-8-12(9-7-11)23-24-17-19-16(20-21-17)14-10-18-15-5-3-2-4-13(14)15/h2-10,18H,1H3,(H,19,20,21). The Balaban J connectivity index is 1.50. The number of rotatable bonds is 5. The van der Waals surface area contributed by atoms with Crippen LogP contribution in [0.5, 0.6) is 5.75 Å². The molecule has 4 rings (SSSR count). The number of hydrogen-bond donors (Lipinski definition) is 2. The van der Waals surface area contributed by atoms with Gasteiger partial charge < -0.3 is 14.7 Å². The number of H-pyrrole nitrogens is 2. The zero-order chi connectivity index (χ0) is 16.4. The van der Waals surface area contributed by atoms with Crippen molar-refractivity contribution in [1.82, 2.24) is 20.2 Å². The second-order valence-corrected chi connectivity index (χ2v) is 7.26. The normalized spacial score (nSPS) is 11.0. The summed E-state index contributed by atoms with van der Waals surface area (Å²) in [5.41, 5.74) is 2.12. The fourth-order valence-electron chi connectivity index (χ4n) is 2.39. The van der Waals surface area contributed by atoms with E-state index < -0.39 is 0 Å². The molecular weight excluding hydrogens is 340 g/mol. The average Bonchev–Trinajstić information content (AvgIpc) is 3.27. The molecule has 2 aromatic heterocycles. The van der Waals surface area contributed by atoms with Crippen LogP contribution in [0.2, 0.25) is 0 Å². The van der Waals surface area contributed by atoms with Crippen LogP contribution >= 0.6 is 21.6 Å². The van der Waals surface area contributed by atoms with E-state index >= 15 is 0 Å². The summed E-state index contributed by atoms with van der Waals surface area (Å²) < 4.78 is 5.16. The maximum atomic E-state index is 5.16. The molecule has 120 valence electrons. The Hall–Kier alpha value is -2.38. The van der Waals surface area contributed by atoms with Crippen molar-refractivity contribution in [2.24, 2.45) is 0 Å². The molecule has 24 heavy (non-hydrogen) atoms. The minimum absolute atomic E-state index is 0.769. The summed E-state index contributed by atoms with van der Waals surface area (Å²) in [6.45, 7) is 0. The van der Waals surface area contributed by atoms with Gasteiger partial charge in [-0.05, 0) is 51.9 Å². The largest absolute Gasteiger partial charge is 0.497 e. The first kappa shape index (κ1) is 15.2. The van der Waals surface area contributed by atoms with Crippen molar-refractivity contribution in [3.63, 3.8) is 0 Å². The molecule has 2 heterocycles. The molecule has 0 saturated heterocycles. The first-order valence-corrected chi connectivity index (χ1v) is 9.46. The van der Waals surface area contributed by atoms with Crippen molar-refractivity contribution in [3.05, 3.63) is 54.7 Å². The topological polar surface area (TPSA) is 66.6 Å². The molecule has 0 fully saturated rings. The Bertz CT molecular complexity index is 962. The van der Waals surface area contributed by atoms with Gasteiger partial charge in [0.15, 0.2) is 11.0 Å². The molecule has 0 aliphatic carbocycles. The molecule has 0 unspecified atom stereocenters. The van der Waals surface area contributed by atoms with Crippen LogP contribution in [-0.2, 0) is 0 Å². The predicted molar refractivity (Wildman–Crippen MR) is 98.4 cm³/mol. The zero-order valence-corrected chi connectivity index (χ0v) is 14.4. The van der Waals surface area contributed by atoms with Gasteiger partial charge >= 0.3 is 0 Å². The number of nitrogens with one attached hydrogen (secondary N) is 2. The third kappa shape index (κ3) is 3.00. The maximum Gasteiger partial charge on any atom is 0.199 e. The molecule has 0 amide bonds. The number of benzene rings is 2. The van der Waals surface area contributed by atoms with Crippen LogP contribution in [0.15, 0.2) is 64.8 Å². The second-order valence-electron chi connectivity index (χ2n) is 5.07. The number of hydrogen-bond acceptors (Lipinski definition) is 5. The van der Waals surface area contributed by atoms with Crippen molar-refractivity contribution in [2.45, 2.75) is 10.1 Å². The van der Waals surface area contributed by atoms with Crippen molar-refractivity contribution in [1.29, 1.82) is 0 Å². The van der Waals surface area contributed by atoms with Gasteiger partial charge in [-0.2, -0.15) is 0 Å². The van der Waals surface area contributed by atoms with Crippen LogP contribution in [0, 0.1) is 0 Å². The fourth-order valence-corrected chi connectivity index (χ4v) is 4.11. The van der Waals surface area contributed by atoms with E-state index in [9.17, 15) is 0 Å². The summed E-state index contributed by atoms with van der Waals surface area (Å²) in [6, 6.07) is 16.1. The summed E-state index contributed by atoms with van der Waals surface area (Å²) in [6.07, 6.45) is 1.95. The maximum absolute atomic E-state index is 5.16. The summed E-state index contributed by atoms with van der Waals surface area (Å²) in [7, 11) is 4.84. The number of aromatic amines is 2. The van der Waals surface area contributed by atoms with Gasteiger partial charge in [-0.25, -0.2) is 0 Å². The van der Waals surface area contributed by atoms with Gasteiger partial charge in [0.1, 0.15) is 5.75 Å². The van der Waals surface area contributed by atoms with E-state index in [1.54, 1.807) is 28.7 Å². The Labute approximate surface area is 146 Å². The highest BCUT2D eigenvalue weighted by molar-refractivity contribution is 8.76. The third-order valence-corrected chi connectivity index (χ3v) is 5.78. The van der Waals surface area contributed by atoms with E-state index in [-0.39, 0.29) is 0 Å². The van der Waals surface area contributed by atoms with Crippen LogP contribution in [0.4, 0.5) is 0 Å². The molecule has 5 nitrogen and oxygen atoms in total. The molecule has 0 aliphatic rings. The van der Waals surface area contributed by atoms with Crippen LogP contribution in [0.1, 0.15) is 0 Å². The molecule has 0 radical (unpaired) electrons. The highest BCUT2D eigenvalue weighted by Crippen LogP contribution is 2.37. The van der Waals surface area contributed by atoms with Gasteiger partial charge in [0.05, 0.1) is 7.11 Å². The number of ether oxygens (including phenoxy) is 1. The molecule has 0 saturated carbocycles. The molecule has 0 bridgehead atoms. The van der Waals surface area contributed by atoms with E-state index in [2.05, 4.69) is 26.2 Å². The highest BCUT2D eigenvalue weighted by atomic mass is 33.1. The number of fused-ring (bicyclic) bond motifs is 1. The number of nitrogens with zero attached hydrogens (tertiary/aromatic N) is 2. The van der Waals surface area contributed by atoms with E-state index in [0.29, 0.717) is 0 Å². The fraction of sp³-hybridized carbons (Fsp3) is 0.0588. The number of aromatic nitrogens is 4. The molecular formula is C17H14N4OS2. The first-order chi connectivity index (χ1) is 11.8. The molecule has 2 aromatic carbocycles. The van der Waals surface area contributed by atoms with E-state index in [1.165, 1.54) is 0 Å². The molecule has 7 heteroatoms. The van der Waals surface area contributed by atoms with Gasteiger partial charge in [0, 0.05) is 27.6 Å². The monoisotopic (exact) mass is 354 g/mol. The Morgan fingerprint density at radius 1 is 0.958 bits per heavy atom. The smallest absolute Gasteiger partial charge is 0.199 e. The average molecular weight is 354 g/mol. The van der Waals surface area contributed by atoms with Gasteiger partial charge in [0.2, 0.25) is 0 Å². The van der Waals surface area contributed by atoms with Crippen LogP contribution in [0.3, 0.4) is 0 Å². The van der Waals surface area contributed by atoms with Crippen molar-refractivity contribution < 1.29 is 4.74 Å². The van der Waals surface area contributed by atoms with Crippen molar-refractivity contribution in [2.75, 3.05) is 7.11 Å². The minimum Gasteiger partial charge on any atom is -0.497 e. The number of para-hydroxylation sites is 1. The molecule has 0 aliphatic heterocycles. The Morgan fingerprint density at radius 2 is 1.79 bits per heavy atom. The second kappa shape index (κ2) is 6.62. The lowest BCUT2D eigenvalue weighted by molar-refractivity contribution is 0.414. The lowest BCUT2D eigenvalue weighted by atomic mass is 10.2. The van der Waals surface area contributed by atoms with Crippen molar-refractivity contribution >= 4 is 32.5 Å². The van der Waals surface area contributed by atoms with E-state index in [4.69, 9.17) is 4.74 Å². The van der Waals surface area contributed by atoms with E-state index in [1.807, 2.05) is 48.7 Å². The van der Waals surface area contributed by atoms with Crippen LogP contribution in [-0.4, -0.2) is 27.3 Å². The van der Waals surface area contributed by atoms with E-state index in [0.717, 1.165) is 38.1 Å². The van der Waals surface area contributed by atoms with Crippen LogP contribution < -0.4 is 4.74 Å². The summed E-state index contributed by atoms with van der Waals surface area (Å²) in [5.74, 6) is 1.62. The Morgan fingerprint density at radius 3 is 2.62 bits per heavy atom. The molecule has 4 aromatic rings. The minimum atomic E-state index is 0.769. The van der Waals surface area contributed by atoms with Gasteiger partial charge in [0.25, 0.3) is 0 Å². The zero-order valence-electron chi connectivity index (χ0n) is 12.8. The van der Waals surface area contributed by atoms with Gasteiger partial charge in [-0.1, -0.05) is 18.2 Å². The van der Waals surface area contributed by atoms with Gasteiger partial charge in [-0.3, -0.25) is 0 Å². The molecule has 2 N–H and O–H groups in total. The number of methoxy groups -OCH3 is 1. The van der Waals surface area contributed by atoms with Crippen molar-refractivity contribution in [3.8, 4) is 17.1 Å². The Kier molecular flexibility index (Phi) is 4.18. The summed E-state index contributed by atoms with van der Waals surface area (Å²) >= 11 is 0. The summed E-state index contributed by atoms with van der Waals surface area (Å²) in [5, 5.41) is 10.4.